The van der Waals surface area contributed by atoms with E-state index in [0.29, 0.717) is 10.9 Å². The minimum absolute atomic E-state index is 0.188. The van der Waals surface area contributed by atoms with Crippen molar-refractivity contribution in [3.63, 3.8) is 0 Å². The van der Waals surface area contributed by atoms with E-state index in [-0.39, 0.29) is 5.38 Å². The second kappa shape index (κ2) is 6.36. The van der Waals surface area contributed by atoms with Crippen LogP contribution in [0.1, 0.15) is 0 Å². The highest BCUT2D eigenvalue weighted by Gasteiger charge is 1.94. The zero-order chi connectivity index (χ0) is 7.98. The maximum absolute atomic E-state index is 5.62. The van der Waals surface area contributed by atoms with Crippen LogP contribution in [0.4, 0.5) is 0 Å². The van der Waals surface area contributed by atoms with Crippen molar-refractivity contribution in [2.24, 2.45) is 0 Å². The van der Waals surface area contributed by atoms with E-state index in [1.165, 1.54) is 5.54 Å². The smallest absolute Gasteiger partial charge is 0.0655 e. The maximum atomic E-state index is 5.62. The molecule has 0 aliphatic rings. The lowest BCUT2D eigenvalue weighted by molar-refractivity contribution is 1.24. The van der Waals surface area contributed by atoms with Gasteiger partial charge >= 0.3 is 0 Å². The molecule has 0 radical (unpaired) electrons. The molecule has 0 nitrogen and oxygen atoms in total. The van der Waals surface area contributed by atoms with Crippen molar-refractivity contribution in [2.75, 3.05) is 5.88 Å². The first kappa shape index (κ1) is 10.6. The van der Waals surface area contributed by atoms with Crippen molar-refractivity contribution in [1.82, 2.24) is 0 Å². The normalized spacial score (nSPS) is 16.2. The largest absolute Gasteiger partial charge is 0.125 e. The van der Waals surface area contributed by atoms with Crippen LogP contribution in [0, 0.1) is 0 Å². The van der Waals surface area contributed by atoms with Crippen LogP contribution in [0.15, 0.2) is 22.7 Å². The number of hydrogen-bond donors (Lipinski definition) is 0. The van der Waals surface area contributed by atoms with Crippen LogP contribution in [0.3, 0.4) is 0 Å². The molecular weight excluding hydrogens is 214 g/mol. The molecule has 0 aromatic carbocycles. The van der Waals surface area contributed by atoms with Gasteiger partial charge in [0.25, 0.3) is 0 Å². The molecule has 0 amide bonds. The summed E-state index contributed by atoms with van der Waals surface area (Å²) in [6.07, 6.45) is 3.28. The van der Waals surface area contributed by atoms with E-state index in [0.717, 1.165) is 0 Å². The summed E-state index contributed by atoms with van der Waals surface area (Å²) in [6.45, 7) is 0. The van der Waals surface area contributed by atoms with Crippen LogP contribution in [-0.4, -0.2) is 11.3 Å². The summed E-state index contributed by atoms with van der Waals surface area (Å²) in [6, 6.07) is 0. The molecule has 0 fully saturated rings. The highest BCUT2D eigenvalue weighted by atomic mass is 35.5. The van der Waals surface area contributed by atoms with Crippen molar-refractivity contribution in [3.05, 3.63) is 22.7 Å². The molecule has 0 rings (SSSR count). The molecule has 0 saturated carbocycles. The molecule has 0 aliphatic carbocycles. The van der Waals surface area contributed by atoms with Crippen molar-refractivity contribution in [2.45, 2.75) is 5.38 Å². The highest BCUT2D eigenvalue weighted by molar-refractivity contribution is 6.37. The van der Waals surface area contributed by atoms with Crippen molar-refractivity contribution in [3.8, 4) is 0 Å². The second-order valence-corrected chi connectivity index (χ2v) is 3.05. The molecule has 0 bridgehead atoms. The summed E-state index contributed by atoms with van der Waals surface area (Å²) in [7, 11) is 0. The molecule has 0 aromatic heterocycles. The number of alkyl halides is 2. The van der Waals surface area contributed by atoms with Gasteiger partial charge in [0.1, 0.15) is 0 Å². The number of halogens is 4. The van der Waals surface area contributed by atoms with E-state index in [9.17, 15) is 0 Å². The van der Waals surface area contributed by atoms with Gasteiger partial charge in [0, 0.05) is 11.4 Å². The molecule has 0 spiro atoms. The topological polar surface area (TPSA) is 0 Å². The van der Waals surface area contributed by atoms with Crippen molar-refractivity contribution >= 4 is 46.4 Å². The number of rotatable bonds is 3. The predicted molar refractivity (Wildman–Crippen MR) is 49.3 cm³/mol. The third-order valence-electron chi connectivity index (χ3n) is 0.716. The quantitative estimate of drug-likeness (QED) is 0.502. The average Bonchev–Trinajstić information content (AvgIpc) is 1.99. The zero-order valence-corrected chi connectivity index (χ0v) is 8.05. The molecule has 58 valence electrons. The monoisotopic (exact) mass is 218 g/mol. The lowest BCUT2D eigenvalue weighted by Crippen LogP contribution is -1.92. The second-order valence-electron chi connectivity index (χ2n) is 1.52. The zero-order valence-electron chi connectivity index (χ0n) is 5.03. The van der Waals surface area contributed by atoms with Crippen LogP contribution >= 0.6 is 46.4 Å². The van der Waals surface area contributed by atoms with E-state index >= 15 is 0 Å². The molecule has 0 aromatic rings. The van der Waals surface area contributed by atoms with E-state index in [1.54, 1.807) is 12.2 Å². The van der Waals surface area contributed by atoms with Crippen molar-refractivity contribution < 1.29 is 0 Å². The van der Waals surface area contributed by atoms with Gasteiger partial charge in [-0.15, -0.1) is 23.2 Å². The summed E-state index contributed by atoms with van der Waals surface area (Å²) >= 11 is 21.8. The molecule has 0 saturated heterocycles. The van der Waals surface area contributed by atoms with E-state index in [2.05, 4.69) is 0 Å². The summed E-state index contributed by atoms with van der Waals surface area (Å²) in [4.78, 5) is 0. The molecular formula is C6H6Cl4. The Morgan fingerprint density at radius 2 is 2.10 bits per heavy atom. The van der Waals surface area contributed by atoms with E-state index in [1.807, 2.05) is 0 Å². The maximum Gasteiger partial charge on any atom is 0.0655 e. The number of allylic oxidation sites excluding steroid dienone is 3. The Morgan fingerprint density at radius 3 is 2.50 bits per heavy atom. The first-order valence-corrected chi connectivity index (χ1v) is 4.33. The lowest BCUT2D eigenvalue weighted by atomic mass is 10.4. The van der Waals surface area contributed by atoms with Gasteiger partial charge in [0.2, 0.25) is 0 Å². The van der Waals surface area contributed by atoms with Gasteiger partial charge in [0.15, 0.2) is 0 Å². The van der Waals surface area contributed by atoms with Crippen LogP contribution in [0.5, 0.6) is 0 Å². The van der Waals surface area contributed by atoms with Crippen LogP contribution < -0.4 is 0 Å². The molecule has 0 heterocycles. The molecule has 1 atom stereocenters. The van der Waals surface area contributed by atoms with Gasteiger partial charge in [-0.1, -0.05) is 29.3 Å². The molecule has 0 aliphatic heterocycles. The Balaban J connectivity index is 3.75. The highest BCUT2D eigenvalue weighted by Crippen LogP contribution is 2.08. The van der Waals surface area contributed by atoms with Gasteiger partial charge in [-0.25, -0.2) is 0 Å². The Morgan fingerprint density at radius 1 is 1.50 bits per heavy atom. The van der Waals surface area contributed by atoms with Gasteiger partial charge in [0.05, 0.1) is 10.4 Å². The van der Waals surface area contributed by atoms with Gasteiger partial charge in [-0.3, -0.25) is 0 Å². The fourth-order valence-corrected chi connectivity index (χ4v) is 0.605. The van der Waals surface area contributed by atoms with Crippen LogP contribution in [-0.2, 0) is 0 Å². The summed E-state index contributed by atoms with van der Waals surface area (Å²) in [5.41, 5.74) is 1.26. The summed E-state index contributed by atoms with van der Waals surface area (Å²) in [5.74, 6) is 0.366. The van der Waals surface area contributed by atoms with E-state index in [4.69, 9.17) is 46.4 Å². The Labute approximate surface area is 80.4 Å². The van der Waals surface area contributed by atoms with Gasteiger partial charge in [-0.05, 0) is 6.08 Å². The first-order chi connectivity index (χ1) is 4.70. The first-order valence-electron chi connectivity index (χ1n) is 2.54. The van der Waals surface area contributed by atoms with Crippen LogP contribution in [0.2, 0.25) is 0 Å². The Kier molecular flexibility index (Phi) is 6.76. The average molecular weight is 220 g/mol. The SMILES string of the molecule is Cl/C=C(Cl)/C=C/C(Cl)CCl. The van der Waals surface area contributed by atoms with Crippen molar-refractivity contribution in [1.29, 1.82) is 0 Å². The third-order valence-corrected chi connectivity index (χ3v) is 2.09. The van der Waals surface area contributed by atoms with Gasteiger partial charge in [-0.2, -0.15) is 0 Å². The molecule has 4 heteroatoms. The third kappa shape index (κ3) is 5.43. The number of hydrogen-bond acceptors (Lipinski definition) is 0. The lowest BCUT2D eigenvalue weighted by Gasteiger charge is -1.93. The summed E-state index contributed by atoms with van der Waals surface area (Å²) < 4.78 is 0. The Bertz CT molecular complexity index is 139. The standard InChI is InChI=1S/C6H6Cl4/c7-3-5(9)1-2-6(10)4-8/h1-3,6H,4H2/b2-1+,5-3-. The minimum Gasteiger partial charge on any atom is -0.125 e. The fourth-order valence-electron chi connectivity index (χ4n) is 0.284. The molecule has 0 N–H and O–H groups in total. The predicted octanol–water partition coefficient (Wildman–Crippen LogP) is 3.71. The minimum atomic E-state index is -0.188. The summed E-state index contributed by atoms with van der Waals surface area (Å²) in [5, 5.41) is 0.254. The van der Waals surface area contributed by atoms with Crippen LogP contribution in [0.25, 0.3) is 0 Å². The van der Waals surface area contributed by atoms with Gasteiger partial charge < -0.3 is 0 Å². The molecule has 10 heavy (non-hydrogen) atoms. The fraction of sp³-hybridized carbons (Fsp3) is 0.333. The van der Waals surface area contributed by atoms with E-state index < -0.39 is 0 Å². The Hall–Kier alpha value is 0.640. The molecule has 1 unspecified atom stereocenters.